The fourth-order valence-corrected chi connectivity index (χ4v) is 3.14. The van der Waals surface area contributed by atoms with Crippen molar-refractivity contribution in [2.75, 3.05) is 6.54 Å². The molecule has 1 aromatic heterocycles. The van der Waals surface area contributed by atoms with Crippen LogP contribution in [0.15, 0.2) is 12.1 Å². The van der Waals surface area contributed by atoms with Gasteiger partial charge in [-0.05, 0) is 38.8 Å². The Bertz CT molecular complexity index is 469. The molecule has 0 aliphatic carbocycles. The molecule has 1 fully saturated rings. The number of aryl methyl sites for hydroxylation is 1. The number of nitrogens with two attached hydrogens (primary N) is 1. The van der Waals surface area contributed by atoms with Crippen molar-refractivity contribution in [3.05, 3.63) is 21.9 Å². The molecular formula is C13H18N2O2S. The molecule has 2 amide bonds. The molecule has 0 saturated carbocycles. The normalized spacial score (nSPS) is 24.0. The summed E-state index contributed by atoms with van der Waals surface area (Å²) in [6.07, 6.45) is 1.62. The molecule has 1 aliphatic heterocycles. The number of piperidine rings is 1. The van der Waals surface area contributed by atoms with Crippen LogP contribution in [-0.4, -0.2) is 29.3 Å². The lowest BCUT2D eigenvalue weighted by Crippen LogP contribution is -2.48. The van der Waals surface area contributed by atoms with E-state index < -0.39 is 0 Å². The van der Waals surface area contributed by atoms with Crippen LogP contribution in [-0.2, 0) is 4.79 Å². The monoisotopic (exact) mass is 266 g/mol. The molecule has 0 unspecified atom stereocenters. The quantitative estimate of drug-likeness (QED) is 0.887. The lowest BCUT2D eigenvalue weighted by Gasteiger charge is -2.36. The van der Waals surface area contributed by atoms with Crippen molar-refractivity contribution in [2.24, 2.45) is 11.7 Å². The van der Waals surface area contributed by atoms with Crippen LogP contribution in [0.1, 0.15) is 34.3 Å². The molecule has 4 nitrogen and oxygen atoms in total. The molecule has 1 aliphatic rings. The van der Waals surface area contributed by atoms with Crippen LogP contribution >= 0.6 is 11.3 Å². The van der Waals surface area contributed by atoms with E-state index in [4.69, 9.17) is 5.73 Å². The number of hydrogen-bond donors (Lipinski definition) is 1. The first-order valence-corrected chi connectivity index (χ1v) is 6.97. The predicted octanol–water partition coefficient (Wildman–Crippen LogP) is 1.78. The summed E-state index contributed by atoms with van der Waals surface area (Å²) in [5, 5.41) is 0. The molecule has 5 heteroatoms. The topological polar surface area (TPSA) is 63.4 Å². The van der Waals surface area contributed by atoms with Crippen LogP contribution in [0.3, 0.4) is 0 Å². The first kappa shape index (κ1) is 13.1. The Morgan fingerprint density at radius 1 is 1.39 bits per heavy atom. The number of primary amides is 1. The Hall–Kier alpha value is -1.36. The minimum atomic E-state index is -0.304. The first-order chi connectivity index (χ1) is 8.49. The van der Waals surface area contributed by atoms with Gasteiger partial charge in [0.2, 0.25) is 5.91 Å². The average Bonchev–Trinajstić information content (AvgIpc) is 2.75. The zero-order valence-corrected chi connectivity index (χ0v) is 11.5. The Labute approximate surface area is 111 Å². The van der Waals surface area contributed by atoms with Crippen LogP contribution < -0.4 is 5.73 Å². The van der Waals surface area contributed by atoms with Gasteiger partial charge in [0.15, 0.2) is 0 Å². The van der Waals surface area contributed by atoms with E-state index in [0.29, 0.717) is 6.54 Å². The molecule has 0 bridgehead atoms. The van der Waals surface area contributed by atoms with Crippen molar-refractivity contribution in [1.82, 2.24) is 4.90 Å². The third-order valence-corrected chi connectivity index (χ3v) is 4.49. The van der Waals surface area contributed by atoms with Gasteiger partial charge in [-0.3, -0.25) is 9.59 Å². The van der Waals surface area contributed by atoms with Gasteiger partial charge in [0.25, 0.3) is 5.91 Å². The maximum Gasteiger partial charge on any atom is 0.264 e. The summed E-state index contributed by atoms with van der Waals surface area (Å²) < 4.78 is 0. The van der Waals surface area contributed by atoms with Gasteiger partial charge in [-0.1, -0.05) is 0 Å². The summed E-state index contributed by atoms with van der Waals surface area (Å²) in [6, 6.07) is 3.97. The second kappa shape index (κ2) is 5.10. The molecule has 2 rings (SSSR count). The fraction of sp³-hybridized carbons (Fsp3) is 0.538. The van der Waals surface area contributed by atoms with Gasteiger partial charge in [-0.25, -0.2) is 0 Å². The number of nitrogens with zero attached hydrogens (tertiary/aromatic N) is 1. The molecule has 18 heavy (non-hydrogen) atoms. The SMILES string of the molecule is Cc1ccc(C(=O)N2C[C@H](C(N)=O)CC[C@H]2C)s1. The van der Waals surface area contributed by atoms with Crippen LogP contribution in [0.25, 0.3) is 0 Å². The number of amides is 2. The minimum absolute atomic E-state index is 0.0200. The highest BCUT2D eigenvalue weighted by Crippen LogP contribution is 2.25. The van der Waals surface area contributed by atoms with Gasteiger partial charge in [0.1, 0.15) is 0 Å². The van der Waals surface area contributed by atoms with Gasteiger partial charge in [0.05, 0.1) is 10.8 Å². The van der Waals surface area contributed by atoms with Crippen molar-refractivity contribution in [3.8, 4) is 0 Å². The fourth-order valence-electron chi connectivity index (χ4n) is 2.31. The zero-order valence-electron chi connectivity index (χ0n) is 10.7. The van der Waals surface area contributed by atoms with Gasteiger partial charge >= 0.3 is 0 Å². The molecule has 1 aromatic rings. The van der Waals surface area contributed by atoms with Crippen molar-refractivity contribution < 1.29 is 9.59 Å². The number of carbonyl (C=O) groups excluding carboxylic acids is 2. The summed E-state index contributed by atoms with van der Waals surface area (Å²) in [5.41, 5.74) is 5.34. The second-order valence-corrected chi connectivity index (χ2v) is 6.18. The van der Waals surface area contributed by atoms with Gasteiger partial charge in [0, 0.05) is 17.5 Å². The summed E-state index contributed by atoms with van der Waals surface area (Å²) in [5.74, 6) is -0.486. The smallest absolute Gasteiger partial charge is 0.264 e. The van der Waals surface area contributed by atoms with E-state index in [0.717, 1.165) is 22.6 Å². The summed E-state index contributed by atoms with van der Waals surface area (Å²) in [7, 11) is 0. The van der Waals surface area contributed by atoms with E-state index in [-0.39, 0.29) is 23.8 Å². The van der Waals surface area contributed by atoms with Crippen LogP contribution in [0, 0.1) is 12.8 Å². The Morgan fingerprint density at radius 3 is 2.67 bits per heavy atom. The number of carbonyl (C=O) groups is 2. The molecule has 98 valence electrons. The number of hydrogen-bond acceptors (Lipinski definition) is 3. The van der Waals surface area contributed by atoms with E-state index in [9.17, 15) is 9.59 Å². The molecule has 2 atom stereocenters. The minimum Gasteiger partial charge on any atom is -0.369 e. The van der Waals surface area contributed by atoms with Crippen molar-refractivity contribution in [3.63, 3.8) is 0 Å². The predicted molar refractivity (Wildman–Crippen MR) is 71.5 cm³/mol. The molecule has 2 heterocycles. The van der Waals surface area contributed by atoms with Crippen molar-refractivity contribution >= 4 is 23.2 Å². The summed E-state index contributed by atoms with van der Waals surface area (Å²) in [6.45, 7) is 4.45. The van der Waals surface area contributed by atoms with Crippen LogP contribution in [0.4, 0.5) is 0 Å². The van der Waals surface area contributed by atoms with E-state index in [2.05, 4.69) is 0 Å². The highest BCUT2D eigenvalue weighted by atomic mass is 32.1. The third-order valence-electron chi connectivity index (χ3n) is 3.50. The lowest BCUT2D eigenvalue weighted by atomic mass is 9.93. The standard InChI is InChI=1S/C13H18N2O2S/c1-8-3-5-10(12(14)16)7-15(8)13(17)11-6-4-9(2)18-11/h4,6,8,10H,3,5,7H2,1-2H3,(H2,14,16)/t8-,10-/m1/s1. The second-order valence-electron chi connectivity index (χ2n) is 4.89. The maximum atomic E-state index is 12.4. The van der Waals surface area contributed by atoms with E-state index >= 15 is 0 Å². The van der Waals surface area contributed by atoms with E-state index in [1.54, 1.807) is 4.90 Å². The zero-order chi connectivity index (χ0) is 13.3. The molecule has 1 saturated heterocycles. The third kappa shape index (κ3) is 2.56. The van der Waals surface area contributed by atoms with Gasteiger partial charge < -0.3 is 10.6 Å². The molecule has 2 N–H and O–H groups in total. The molecular weight excluding hydrogens is 248 g/mol. The highest BCUT2D eigenvalue weighted by Gasteiger charge is 2.32. The molecule has 0 spiro atoms. The van der Waals surface area contributed by atoms with Gasteiger partial charge in [-0.15, -0.1) is 11.3 Å². The Balaban J connectivity index is 2.15. The Morgan fingerprint density at radius 2 is 2.11 bits per heavy atom. The van der Waals surface area contributed by atoms with Crippen molar-refractivity contribution in [2.45, 2.75) is 32.7 Å². The van der Waals surface area contributed by atoms with E-state index in [1.165, 1.54) is 11.3 Å². The largest absolute Gasteiger partial charge is 0.369 e. The van der Waals surface area contributed by atoms with Crippen LogP contribution in [0.2, 0.25) is 0 Å². The molecule has 0 aromatic carbocycles. The maximum absolute atomic E-state index is 12.4. The first-order valence-electron chi connectivity index (χ1n) is 6.15. The van der Waals surface area contributed by atoms with E-state index in [1.807, 2.05) is 26.0 Å². The number of rotatable bonds is 2. The Kier molecular flexibility index (Phi) is 3.71. The highest BCUT2D eigenvalue weighted by molar-refractivity contribution is 7.13. The lowest BCUT2D eigenvalue weighted by molar-refractivity contribution is -0.123. The van der Waals surface area contributed by atoms with Crippen molar-refractivity contribution in [1.29, 1.82) is 0 Å². The molecule has 0 radical (unpaired) electrons. The number of thiophene rings is 1. The van der Waals surface area contributed by atoms with Crippen LogP contribution in [0.5, 0.6) is 0 Å². The average molecular weight is 266 g/mol. The summed E-state index contributed by atoms with van der Waals surface area (Å²) in [4.78, 5) is 27.3. The van der Waals surface area contributed by atoms with Gasteiger partial charge in [-0.2, -0.15) is 0 Å². The number of likely N-dealkylation sites (tertiary alicyclic amines) is 1. The summed E-state index contributed by atoms with van der Waals surface area (Å²) >= 11 is 1.49.